The maximum Gasteiger partial charge on any atom is 0.234 e. The van der Waals surface area contributed by atoms with Crippen LogP contribution in [0.4, 0.5) is 11.4 Å². The van der Waals surface area contributed by atoms with E-state index in [1.807, 2.05) is 6.92 Å². The molecule has 1 heterocycles. The first-order valence-corrected chi connectivity index (χ1v) is 11.3. The van der Waals surface area contributed by atoms with Crippen molar-refractivity contribution >= 4 is 69.8 Å². The molecule has 0 bridgehead atoms. The van der Waals surface area contributed by atoms with Crippen molar-refractivity contribution in [2.75, 3.05) is 16.4 Å². The Morgan fingerprint density at radius 3 is 2.45 bits per heavy atom. The topological polar surface area (TPSA) is 88.9 Å². The molecule has 1 aromatic heterocycles. The lowest BCUT2D eigenvalue weighted by atomic mass is 10.3. The smallest absolute Gasteiger partial charge is 0.234 e. The van der Waals surface area contributed by atoms with Crippen LogP contribution in [0.2, 0.25) is 15.1 Å². The minimum atomic E-state index is -0.262. The van der Waals surface area contributed by atoms with E-state index in [4.69, 9.17) is 34.8 Å². The molecule has 3 aromatic rings. The molecule has 3 rings (SSSR count). The summed E-state index contributed by atoms with van der Waals surface area (Å²) in [6.07, 6.45) is 0.0499. The summed E-state index contributed by atoms with van der Waals surface area (Å²) in [5.74, 6) is 0.115. The number of hydrogen-bond donors (Lipinski definition) is 2. The van der Waals surface area contributed by atoms with Gasteiger partial charge in [-0.25, -0.2) is 0 Å². The molecule has 0 fully saturated rings. The number of carbonyl (C=O) groups excluding carboxylic acids is 2. The van der Waals surface area contributed by atoms with Crippen molar-refractivity contribution in [3.05, 3.63) is 63.4 Å². The molecule has 162 valence electrons. The second-order valence-corrected chi connectivity index (χ2v) is 8.48. The Morgan fingerprint density at radius 2 is 1.74 bits per heavy atom. The molecule has 2 N–H and O–H groups in total. The molecular formula is C20H18Cl3N5O2S. The second-order valence-electron chi connectivity index (χ2n) is 6.31. The van der Waals surface area contributed by atoms with E-state index in [1.165, 1.54) is 11.8 Å². The Kier molecular flexibility index (Phi) is 8.20. The Bertz CT molecular complexity index is 1090. The fourth-order valence-electron chi connectivity index (χ4n) is 2.67. The molecule has 0 saturated heterocycles. The fraction of sp³-hybridized carbons (Fsp3) is 0.200. The average Bonchev–Trinajstić information content (AvgIpc) is 3.13. The van der Waals surface area contributed by atoms with Gasteiger partial charge in [-0.15, -0.1) is 10.2 Å². The number of amides is 2. The lowest BCUT2D eigenvalue weighted by Gasteiger charge is -2.09. The molecule has 0 radical (unpaired) electrons. The standard InChI is InChI=1S/C20H18Cl3N5O2S/c1-2-28-16(10-17(29)24-13-8-6-12(21)7-9-13)26-27-20(28)31-11-18(30)25-15-5-3-4-14(22)19(15)23/h3-9H,2,10-11H2,1H3,(H,24,29)(H,25,30). The first-order chi connectivity index (χ1) is 14.9. The predicted molar refractivity (Wildman–Crippen MR) is 125 cm³/mol. The molecule has 0 aliphatic rings. The molecule has 0 unspecified atom stereocenters. The van der Waals surface area contributed by atoms with Gasteiger partial charge >= 0.3 is 0 Å². The van der Waals surface area contributed by atoms with E-state index in [1.54, 1.807) is 47.0 Å². The van der Waals surface area contributed by atoms with Gasteiger partial charge in [0.1, 0.15) is 5.82 Å². The van der Waals surface area contributed by atoms with E-state index in [-0.39, 0.29) is 29.0 Å². The number of carbonyl (C=O) groups is 2. The zero-order chi connectivity index (χ0) is 22.4. The highest BCUT2D eigenvalue weighted by atomic mass is 35.5. The SMILES string of the molecule is CCn1c(CC(=O)Nc2ccc(Cl)cc2)nnc1SCC(=O)Nc1cccc(Cl)c1Cl. The number of thioether (sulfide) groups is 1. The lowest BCUT2D eigenvalue weighted by Crippen LogP contribution is -2.18. The van der Waals surface area contributed by atoms with Gasteiger partial charge in [-0.2, -0.15) is 0 Å². The van der Waals surface area contributed by atoms with Crippen LogP contribution in [0.1, 0.15) is 12.7 Å². The summed E-state index contributed by atoms with van der Waals surface area (Å²) >= 11 is 19.1. The van der Waals surface area contributed by atoms with Gasteiger partial charge in [-0.05, 0) is 43.3 Å². The van der Waals surface area contributed by atoms with Gasteiger partial charge in [0.15, 0.2) is 5.16 Å². The number of halogens is 3. The molecule has 0 atom stereocenters. The van der Waals surface area contributed by atoms with Crippen molar-refractivity contribution in [1.82, 2.24) is 14.8 Å². The van der Waals surface area contributed by atoms with Crippen molar-refractivity contribution < 1.29 is 9.59 Å². The third-order valence-electron chi connectivity index (χ3n) is 4.11. The Hall–Kier alpha value is -2.26. The van der Waals surface area contributed by atoms with E-state index in [0.717, 1.165) is 0 Å². The van der Waals surface area contributed by atoms with E-state index in [2.05, 4.69) is 20.8 Å². The van der Waals surface area contributed by atoms with E-state index < -0.39 is 0 Å². The predicted octanol–water partition coefficient (Wildman–Crippen LogP) is 5.17. The summed E-state index contributed by atoms with van der Waals surface area (Å²) in [6, 6.07) is 11.8. The van der Waals surface area contributed by atoms with E-state index >= 15 is 0 Å². The second kappa shape index (κ2) is 10.9. The van der Waals surface area contributed by atoms with Gasteiger partial charge in [0.25, 0.3) is 0 Å². The fourth-order valence-corrected chi connectivity index (χ4v) is 3.97. The molecule has 0 spiro atoms. The van der Waals surface area contributed by atoms with Crippen LogP contribution in [-0.2, 0) is 22.6 Å². The first kappa shape index (κ1) is 23.4. The van der Waals surface area contributed by atoms with Crippen LogP contribution < -0.4 is 10.6 Å². The van der Waals surface area contributed by atoms with Crippen molar-refractivity contribution in [2.45, 2.75) is 25.0 Å². The first-order valence-electron chi connectivity index (χ1n) is 9.21. The van der Waals surface area contributed by atoms with Crippen LogP contribution in [-0.4, -0.2) is 32.3 Å². The number of nitrogens with zero attached hydrogens (tertiary/aromatic N) is 3. The van der Waals surface area contributed by atoms with Gasteiger partial charge in [-0.3, -0.25) is 9.59 Å². The van der Waals surface area contributed by atoms with Crippen LogP contribution in [0.5, 0.6) is 0 Å². The summed E-state index contributed by atoms with van der Waals surface area (Å²) in [6.45, 7) is 2.47. The minimum Gasteiger partial charge on any atom is -0.326 e. The normalized spacial score (nSPS) is 10.7. The van der Waals surface area contributed by atoms with Crippen molar-refractivity contribution in [3.8, 4) is 0 Å². The highest BCUT2D eigenvalue weighted by Crippen LogP contribution is 2.29. The third kappa shape index (κ3) is 6.36. The molecule has 0 saturated carbocycles. The van der Waals surface area contributed by atoms with Gasteiger partial charge in [0.2, 0.25) is 11.8 Å². The van der Waals surface area contributed by atoms with Crippen LogP contribution in [0.25, 0.3) is 0 Å². The Balaban J connectivity index is 1.59. The average molecular weight is 499 g/mol. The number of aromatic nitrogens is 3. The van der Waals surface area contributed by atoms with Crippen LogP contribution >= 0.6 is 46.6 Å². The molecule has 0 aliphatic carbocycles. The van der Waals surface area contributed by atoms with Gasteiger partial charge in [-0.1, -0.05) is 52.6 Å². The molecule has 31 heavy (non-hydrogen) atoms. The van der Waals surface area contributed by atoms with E-state index in [0.29, 0.717) is 38.9 Å². The highest BCUT2D eigenvalue weighted by Gasteiger charge is 2.16. The van der Waals surface area contributed by atoms with Crippen molar-refractivity contribution in [2.24, 2.45) is 0 Å². The molecule has 0 aliphatic heterocycles. The zero-order valence-electron chi connectivity index (χ0n) is 16.4. The summed E-state index contributed by atoms with van der Waals surface area (Å²) in [5, 5.41) is 15.5. The molecule has 7 nitrogen and oxygen atoms in total. The maximum atomic E-state index is 12.4. The van der Waals surface area contributed by atoms with Gasteiger partial charge in [0.05, 0.1) is 27.9 Å². The minimum absolute atomic E-state index is 0.0499. The maximum absolute atomic E-state index is 12.4. The van der Waals surface area contributed by atoms with Crippen molar-refractivity contribution in [3.63, 3.8) is 0 Å². The third-order valence-corrected chi connectivity index (χ3v) is 6.15. The van der Waals surface area contributed by atoms with Crippen LogP contribution in [0.3, 0.4) is 0 Å². The zero-order valence-corrected chi connectivity index (χ0v) is 19.4. The van der Waals surface area contributed by atoms with Crippen molar-refractivity contribution in [1.29, 1.82) is 0 Å². The largest absolute Gasteiger partial charge is 0.326 e. The number of rotatable bonds is 8. The Morgan fingerprint density at radius 1 is 1.00 bits per heavy atom. The summed E-state index contributed by atoms with van der Waals surface area (Å²) < 4.78 is 1.80. The monoisotopic (exact) mass is 497 g/mol. The number of nitrogens with one attached hydrogen (secondary N) is 2. The molecule has 11 heteroatoms. The van der Waals surface area contributed by atoms with Crippen LogP contribution in [0.15, 0.2) is 47.6 Å². The van der Waals surface area contributed by atoms with Gasteiger partial charge < -0.3 is 15.2 Å². The van der Waals surface area contributed by atoms with E-state index in [9.17, 15) is 9.59 Å². The number of benzene rings is 2. The highest BCUT2D eigenvalue weighted by molar-refractivity contribution is 7.99. The van der Waals surface area contributed by atoms with Gasteiger partial charge in [0, 0.05) is 17.3 Å². The molecular weight excluding hydrogens is 481 g/mol. The van der Waals surface area contributed by atoms with Crippen LogP contribution in [0, 0.1) is 0 Å². The molecule has 2 aromatic carbocycles. The number of anilines is 2. The summed E-state index contributed by atoms with van der Waals surface area (Å²) in [5.41, 5.74) is 1.08. The Labute approximate surface area is 198 Å². The lowest BCUT2D eigenvalue weighted by molar-refractivity contribution is -0.116. The molecule has 2 amide bonds. The summed E-state index contributed by atoms with van der Waals surface area (Å²) in [7, 11) is 0. The summed E-state index contributed by atoms with van der Waals surface area (Å²) in [4.78, 5) is 24.6. The quantitative estimate of drug-likeness (QED) is 0.418. The number of hydrogen-bond acceptors (Lipinski definition) is 5.